The molecule has 3 aromatic rings. The third-order valence-corrected chi connectivity index (χ3v) is 8.25. The summed E-state index contributed by atoms with van der Waals surface area (Å²) in [6.45, 7) is 2.80. The van der Waals surface area contributed by atoms with Crippen LogP contribution in [0, 0.1) is 0 Å². The van der Waals surface area contributed by atoms with Crippen molar-refractivity contribution in [3.8, 4) is 11.1 Å². The molecule has 0 saturated carbocycles. The fraction of sp³-hybridized carbons (Fsp3) is 0.261. The van der Waals surface area contributed by atoms with Crippen LogP contribution in [0.5, 0.6) is 0 Å². The first-order valence-corrected chi connectivity index (χ1v) is 13.8. The number of nitrogens with zero attached hydrogens (tertiary/aromatic N) is 1. The Morgan fingerprint density at radius 2 is 1.68 bits per heavy atom. The van der Waals surface area contributed by atoms with Gasteiger partial charge < -0.3 is 9.64 Å². The van der Waals surface area contributed by atoms with E-state index in [1.807, 2.05) is 48.7 Å². The zero-order valence-corrected chi connectivity index (χ0v) is 19.8. The van der Waals surface area contributed by atoms with Crippen molar-refractivity contribution in [3.05, 3.63) is 65.0 Å². The molecule has 5 nitrogen and oxygen atoms in total. The van der Waals surface area contributed by atoms with E-state index in [4.69, 9.17) is 4.74 Å². The van der Waals surface area contributed by atoms with Gasteiger partial charge in [0.05, 0.1) is 28.0 Å². The molecule has 1 aromatic heterocycles. The van der Waals surface area contributed by atoms with Crippen molar-refractivity contribution in [3.63, 3.8) is 0 Å². The van der Waals surface area contributed by atoms with E-state index in [9.17, 15) is 13.2 Å². The SMILES string of the molecule is CSc1ccc(C(=O)c2cc(-c3ccc(S(C)(=O)=O)cc3)c(N3CCOCC3)s2)cc1. The lowest BCUT2D eigenvalue weighted by Gasteiger charge is -2.28. The van der Waals surface area contributed by atoms with E-state index >= 15 is 0 Å². The van der Waals surface area contributed by atoms with Crippen molar-refractivity contribution in [1.29, 1.82) is 0 Å². The highest BCUT2D eigenvalue weighted by molar-refractivity contribution is 7.98. The molecule has 0 radical (unpaired) electrons. The van der Waals surface area contributed by atoms with Crippen LogP contribution in [-0.2, 0) is 14.6 Å². The predicted octanol–water partition coefficient (Wildman–Crippen LogP) is 4.61. The highest BCUT2D eigenvalue weighted by atomic mass is 32.2. The third-order valence-electron chi connectivity index (χ3n) is 5.18. The molecule has 4 rings (SSSR count). The van der Waals surface area contributed by atoms with Crippen molar-refractivity contribution >= 4 is 43.7 Å². The summed E-state index contributed by atoms with van der Waals surface area (Å²) in [6, 6.07) is 16.4. The molecule has 0 bridgehead atoms. The molecular weight excluding hydrogens is 450 g/mol. The fourth-order valence-electron chi connectivity index (χ4n) is 3.47. The maximum atomic E-state index is 13.2. The number of thioether (sulfide) groups is 1. The molecule has 1 fully saturated rings. The number of ether oxygens (including phenoxy) is 1. The molecule has 8 heteroatoms. The molecule has 0 N–H and O–H groups in total. The molecule has 1 saturated heterocycles. The Hall–Kier alpha value is -2.13. The van der Waals surface area contributed by atoms with Crippen molar-refractivity contribution in [2.45, 2.75) is 9.79 Å². The zero-order chi connectivity index (χ0) is 22.0. The van der Waals surface area contributed by atoms with E-state index in [2.05, 4.69) is 4.90 Å². The highest BCUT2D eigenvalue weighted by Crippen LogP contribution is 2.40. The standard InChI is InChI=1S/C23H23NO4S3/c1-29-18-7-3-17(4-8-18)22(25)21-15-20(23(30-21)24-11-13-28-14-12-24)16-5-9-19(10-6-16)31(2,26)27/h3-10,15H,11-14H2,1-2H3. The number of sulfone groups is 1. The number of benzene rings is 2. The number of carbonyl (C=O) groups is 1. The normalized spacial score (nSPS) is 14.6. The Kier molecular flexibility index (Phi) is 6.52. The van der Waals surface area contributed by atoms with Gasteiger partial charge in [0.1, 0.15) is 0 Å². The number of thiophene rings is 1. The van der Waals surface area contributed by atoms with Crippen LogP contribution in [0.1, 0.15) is 15.2 Å². The summed E-state index contributed by atoms with van der Waals surface area (Å²) in [5.41, 5.74) is 2.49. The second-order valence-electron chi connectivity index (χ2n) is 7.28. The van der Waals surface area contributed by atoms with E-state index in [0.29, 0.717) is 23.7 Å². The van der Waals surface area contributed by atoms with Crippen LogP contribution >= 0.6 is 23.1 Å². The average Bonchev–Trinajstić information content (AvgIpc) is 3.24. The lowest BCUT2D eigenvalue weighted by atomic mass is 10.1. The van der Waals surface area contributed by atoms with Crippen molar-refractivity contribution < 1.29 is 17.9 Å². The molecule has 1 aliphatic heterocycles. The average molecular weight is 474 g/mol. The molecule has 0 unspecified atom stereocenters. The van der Waals surface area contributed by atoms with E-state index in [0.717, 1.165) is 34.1 Å². The summed E-state index contributed by atoms with van der Waals surface area (Å²) >= 11 is 3.12. The Morgan fingerprint density at radius 3 is 2.26 bits per heavy atom. The van der Waals surface area contributed by atoms with Crippen LogP contribution in [0.15, 0.2) is 64.4 Å². The number of carbonyl (C=O) groups excluding carboxylic acids is 1. The minimum absolute atomic E-state index is 0.00818. The molecule has 0 atom stereocenters. The van der Waals surface area contributed by atoms with Crippen LogP contribution in [-0.4, -0.2) is 53.0 Å². The van der Waals surface area contributed by atoms with Gasteiger partial charge in [0.15, 0.2) is 9.84 Å². The zero-order valence-electron chi connectivity index (χ0n) is 17.3. The summed E-state index contributed by atoms with van der Waals surface area (Å²) < 4.78 is 29.1. The van der Waals surface area contributed by atoms with Crippen molar-refractivity contribution in [2.24, 2.45) is 0 Å². The number of hydrogen-bond donors (Lipinski definition) is 0. The van der Waals surface area contributed by atoms with Crippen LogP contribution in [0.4, 0.5) is 5.00 Å². The summed E-state index contributed by atoms with van der Waals surface area (Å²) in [4.78, 5) is 17.5. The van der Waals surface area contributed by atoms with Crippen molar-refractivity contribution in [1.82, 2.24) is 0 Å². The predicted molar refractivity (Wildman–Crippen MR) is 128 cm³/mol. The molecule has 1 aliphatic rings. The minimum atomic E-state index is -3.26. The molecule has 2 heterocycles. The van der Waals surface area contributed by atoms with E-state index in [-0.39, 0.29) is 10.7 Å². The quantitative estimate of drug-likeness (QED) is 0.385. The second kappa shape index (κ2) is 9.16. The Bertz CT molecular complexity index is 1180. The first-order valence-electron chi connectivity index (χ1n) is 9.82. The lowest BCUT2D eigenvalue weighted by Crippen LogP contribution is -2.35. The van der Waals surface area contributed by atoms with Gasteiger partial charge in [-0.3, -0.25) is 4.79 Å². The molecule has 2 aromatic carbocycles. The van der Waals surface area contributed by atoms with Crippen molar-refractivity contribution in [2.75, 3.05) is 43.7 Å². The maximum Gasteiger partial charge on any atom is 0.203 e. The van der Waals surface area contributed by atoms with Crippen LogP contribution in [0.2, 0.25) is 0 Å². The van der Waals surface area contributed by atoms with E-state index < -0.39 is 9.84 Å². The number of rotatable bonds is 6. The van der Waals surface area contributed by atoms with Gasteiger partial charge in [-0.05, 0) is 54.3 Å². The lowest BCUT2D eigenvalue weighted by molar-refractivity contribution is 0.104. The number of anilines is 1. The van der Waals surface area contributed by atoms with E-state index in [1.165, 1.54) is 17.6 Å². The van der Waals surface area contributed by atoms with Gasteiger partial charge in [0, 0.05) is 35.4 Å². The summed E-state index contributed by atoms with van der Waals surface area (Å²) in [6.07, 6.45) is 3.21. The van der Waals surface area contributed by atoms with Gasteiger partial charge in [0.25, 0.3) is 0 Å². The largest absolute Gasteiger partial charge is 0.378 e. The molecule has 0 amide bonds. The second-order valence-corrected chi connectivity index (χ2v) is 11.2. The summed E-state index contributed by atoms with van der Waals surface area (Å²) in [5, 5.41) is 1.01. The Balaban J connectivity index is 1.74. The summed E-state index contributed by atoms with van der Waals surface area (Å²) in [7, 11) is -3.26. The molecule has 31 heavy (non-hydrogen) atoms. The number of hydrogen-bond acceptors (Lipinski definition) is 7. The highest BCUT2D eigenvalue weighted by Gasteiger charge is 2.23. The first-order chi connectivity index (χ1) is 14.9. The summed E-state index contributed by atoms with van der Waals surface area (Å²) in [5.74, 6) is -0.00818. The fourth-order valence-corrected chi connectivity index (χ4v) is 5.70. The number of morpholine rings is 1. The minimum Gasteiger partial charge on any atom is -0.378 e. The molecule has 162 valence electrons. The van der Waals surface area contributed by atoms with Crippen LogP contribution in [0.3, 0.4) is 0 Å². The van der Waals surface area contributed by atoms with E-state index in [1.54, 1.807) is 23.9 Å². The van der Waals surface area contributed by atoms with Gasteiger partial charge in [0.2, 0.25) is 5.78 Å². The maximum absolute atomic E-state index is 13.2. The molecule has 0 spiro atoms. The smallest absolute Gasteiger partial charge is 0.203 e. The van der Waals surface area contributed by atoms with Gasteiger partial charge >= 0.3 is 0 Å². The van der Waals surface area contributed by atoms with Crippen LogP contribution in [0.25, 0.3) is 11.1 Å². The first kappa shape index (κ1) is 22.1. The topological polar surface area (TPSA) is 63.7 Å². The van der Waals surface area contributed by atoms with Gasteiger partial charge in [-0.2, -0.15) is 0 Å². The van der Waals surface area contributed by atoms with Gasteiger partial charge in [-0.15, -0.1) is 23.1 Å². The monoisotopic (exact) mass is 473 g/mol. The molecule has 0 aliphatic carbocycles. The van der Waals surface area contributed by atoms with Crippen LogP contribution < -0.4 is 4.90 Å². The Labute approximate surface area is 191 Å². The Morgan fingerprint density at radius 1 is 1.03 bits per heavy atom. The van der Waals surface area contributed by atoms with Gasteiger partial charge in [-0.1, -0.05) is 12.1 Å². The number of ketones is 1. The van der Waals surface area contributed by atoms with Gasteiger partial charge in [-0.25, -0.2) is 8.42 Å². The third kappa shape index (κ3) is 4.87. The molecular formula is C23H23NO4S3.